The van der Waals surface area contributed by atoms with Crippen LogP contribution in [0.4, 0.5) is 5.69 Å². The summed E-state index contributed by atoms with van der Waals surface area (Å²) in [5, 5.41) is 4.35. The third-order valence-corrected chi connectivity index (χ3v) is 7.04. The van der Waals surface area contributed by atoms with Crippen molar-refractivity contribution >= 4 is 18.1 Å². The Bertz CT molecular complexity index is 478. The topological polar surface area (TPSA) is 64.4 Å². The minimum atomic E-state index is -2.26. The number of hydrogen-bond acceptors (Lipinski definition) is 4. The lowest BCUT2D eigenvalue weighted by Crippen LogP contribution is -2.35. The van der Waals surface area contributed by atoms with Gasteiger partial charge in [0.15, 0.2) is 0 Å². The van der Waals surface area contributed by atoms with Gasteiger partial charge in [0.05, 0.1) is 12.8 Å². The van der Waals surface area contributed by atoms with E-state index in [1.54, 1.807) is 13.2 Å². The van der Waals surface area contributed by atoms with Gasteiger partial charge in [0.25, 0.3) is 0 Å². The van der Waals surface area contributed by atoms with E-state index in [0.29, 0.717) is 17.5 Å². The van der Waals surface area contributed by atoms with Crippen molar-refractivity contribution in [2.45, 2.75) is 25.8 Å². The minimum Gasteiger partial charge on any atom is -0.495 e. The Labute approximate surface area is 115 Å². The van der Waals surface area contributed by atoms with E-state index in [0.717, 1.165) is 37.0 Å². The molecule has 0 amide bonds. The smallest absolute Gasteiger partial charge is 0.142 e. The fourth-order valence-corrected chi connectivity index (χ4v) is 5.59. The predicted molar refractivity (Wildman–Crippen MR) is 81.1 cm³/mol. The maximum atomic E-state index is 13.0. The van der Waals surface area contributed by atoms with Gasteiger partial charge in [-0.25, -0.2) is 0 Å². The van der Waals surface area contributed by atoms with E-state index >= 15 is 0 Å². The van der Waals surface area contributed by atoms with Crippen LogP contribution in [0.25, 0.3) is 0 Å². The summed E-state index contributed by atoms with van der Waals surface area (Å²) in [6.07, 6.45) is 3.52. The second kappa shape index (κ2) is 5.98. The van der Waals surface area contributed by atoms with Gasteiger partial charge in [-0.1, -0.05) is 6.92 Å². The number of ether oxygens (including phenoxy) is 1. The first-order valence-electron chi connectivity index (χ1n) is 6.84. The molecule has 1 aromatic rings. The van der Waals surface area contributed by atoms with Gasteiger partial charge >= 0.3 is 0 Å². The average molecular weight is 282 g/mol. The molecule has 1 aliphatic rings. The second-order valence-electron chi connectivity index (χ2n) is 5.09. The quantitative estimate of drug-likeness (QED) is 0.655. The van der Waals surface area contributed by atoms with Crippen molar-refractivity contribution in [1.29, 1.82) is 0 Å². The van der Waals surface area contributed by atoms with E-state index in [2.05, 4.69) is 12.2 Å². The first-order chi connectivity index (χ1) is 9.09. The molecule has 3 N–H and O–H groups in total. The van der Waals surface area contributed by atoms with Crippen LogP contribution >= 0.6 is 7.14 Å². The summed E-state index contributed by atoms with van der Waals surface area (Å²) in [7, 11) is -0.672. The van der Waals surface area contributed by atoms with Gasteiger partial charge in [-0.2, -0.15) is 0 Å². The molecule has 4 nitrogen and oxygen atoms in total. The number of methoxy groups -OCH3 is 1. The monoisotopic (exact) mass is 282 g/mol. The van der Waals surface area contributed by atoms with Crippen molar-refractivity contribution in [3.63, 3.8) is 0 Å². The highest BCUT2D eigenvalue weighted by Gasteiger charge is 2.31. The highest BCUT2D eigenvalue weighted by molar-refractivity contribution is 7.71. The maximum absolute atomic E-state index is 13.0. The molecule has 1 fully saturated rings. The zero-order valence-electron chi connectivity index (χ0n) is 11.7. The Hall–Kier alpha value is -0.990. The highest BCUT2D eigenvalue weighted by Crippen LogP contribution is 2.50. The molecule has 0 unspecified atom stereocenters. The molecule has 106 valence electrons. The van der Waals surface area contributed by atoms with Gasteiger partial charge in [0.1, 0.15) is 12.9 Å². The van der Waals surface area contributed by atoms with Crippen LogP contribution in [-0.4, -0.2) is 32.0 Å². The van der Waals surface area contributed by atoms with Gasteiger partial charge in [-0.3, -0.25) is 0 Å². The van der Waals surface area contributed by atoms with Crippen LogP contribution in [0.2, 0.25) is 0 Å². The van der Waals surface area contributed by atoms with Crippen molar-refractivity contribution in [2.75, 3.05) is 31.7 Å². The Morgan fingerprint density at radius 2 is 2.11 bits per heavy atom. The van der Waals surface area contributed by atoms with Crippen LogP contribution in [0.5, 0.6) is 5.75 Å². The molecule has 0 radical (unpaired) electrons. The van der Waals surface area contributed by atoms with E-state index < -0.39 is 7.14 Å². The molecule has 5 heteroatoms. The van der Waals surface area contributed by atoms with Gasteiger partial charge < -0.3 is 20.4 Å². The zero-order chi connectivity index (χ0) is 13.9. The summed E-state index contributed by atoms with van der Waals surface area (Å²) >= 11 is 0. The summed E-state index contributed by atoms with van der Waals surface area (Å²) in [5.41, 5.74) is 6.41. The third kappa shape index (κ3) is 3.13. The van der Waals surface area contributed by atoms with Gasteiger partial charge in [0.2, 0.25) is 0 Å². The van der Waals surface area contributed by atoms with Crippen LogP contribution in [0.3, 0.4) is 0 Å². The normalized spacial score (nSPS) is 27.2. The molecule has 1 saturated heterocycles. The zero-order valence-corrected chi connectivity index (χ0v) is 12.6. The van der Waals surface area contributed by atoms with E-state index in [9.17, 15) is 4.57 Å². The lowest BCUT2D eigenvalue weighted by atomic mass is 10.1. The minimum absolute atomic E-state index is 0.516. The highest BCUT2D eigenvalue weighted by atomic mass is 31.2. The van der Waals surface area contributed by atoms with Gasteiger partial charge in [0, 0.05) is 23.7 Å². The largest absolute Gasteiger partial charge is 0.495 e. The summed E-state index contributed by atoms with van der Waals surface area (Å²) in [6.45, 7) is 3.09. The molecule has 1 aromatic carbocycles. The molecule has 0 spiro atoms. The standard InChI is InChI=1S/C14H23N2O2P/c1-3-16-11-6-8-19(17,9-7-11)12-4-5-13(15)14(10-12)18-2/h4-5,10-11,16H,3,6-9,15H2,1-2H3. The third-order valence-electron chi connectivity index (χ3n) is 3.86. The maximum Gasteiger partial charge on any atom is 0.142 e. The van der Waals surface area contributed by atoms with Gasteiger partial charge in [-0.05, 0) is 37.6 Å². The Morgan fingerprint density at radius 3 is 2.68 bits per heavy atom. The predicted octanol–water partition coefficient (Wildman–Crippen LogP) is 2.04. The fourth-order valence-electron chi connectivity index (χ4n) is 2.69. The molecular weight excluding hydrogens is 259 g/mol. The number of hydrogen-bond donors (Lipinski definition) is 2. The lowest BCUT2D eigenvalue weighted by molar-refractivity contribution is 0.417. The first-order valence-corrected chi connectivity index (χ1v) is 8.92. The fraction of sp³-hybridized carbons (Fsp3) is 0.571. The van der Waals surface area contributed by atoms with E-state index in [-0.39, 0.29) is 0 Å². The Balaban J connectivity index is 2.16. The number of nitrogen functional groups attached to an aromatic ring is 1. The molecule has 2 rings (SSSR count). The summed E-state index contributed by atoms with van der Waals surface area (Å²) in [5.74, 6) is 0.626. The van der Waals surface area contributed by atoms with Crippen molar-refractivity contribution in [3.05, 3.63) is 18.2 Å². The summed E-state index contributed by atoms with van der Waals surface area (Å²) in [6, 6.07) is 6.06. The van der Waals surface area contributed by atoms with Crippen molar-refractivity contribution in [1.82, 2.24) is 5.32 Å². The van der Waals surface area contributed by atoms with E-state index in [4.69, 9.17) is 10.5 Å². The van der Waals surface area contributed by atoms with Crippen LogP contribution in [-0.2, 0) is 4.57 Å². The van der Waals surface area contributed by atoms with E-state index in [1.807, 2.05) is 12.1 Å². The molecule has 0 aliphatic carbocycles. The lowest BCUT2D eigenvalue weighted by Gasteiger charge is -2.30. The van der Waals surface area contributed by atoms with Crippen molar-refractivity contribution in [2.24, 2.45) is 0 Å². The van der Waals surface area contributed by atoms with Crippen LogP contribution in [0, 0.1) is 0 Å². The molecule has 0 bridgehead atoms. The van der Waals surface area contributed by atoms with Gasteiger partial charge in [-0.15, -0.1) is 0 Å². The molecule has 0 atom stereocenters. The molecule has 19 heavy (non-hydrogen) atoms. The molecule has 1 aliphatic heterocycles. The van der Waals surface area contributed by atoms with Crippen LogP contribution in [0.1, 0.15) is 19.8 Å². The Morgan fingerprint density at radius 1 is 1.42 bits per heavy atom. The number of rotatable bonds is 4. The molecule has 0 aromatic heterocycles. The number of nitrogens with one attached hydrogen (secondary N) is 1. The van der Waals surface area contributed by atoms with E-state index in [1.165, 1.54) is 0 Å². The van der Waals surface area contributed by atoms with Crippen LogP contribution in [0.15, 0.2) is 18.2 Å². The molecule has 0 saturated carbocycles. The summed E-state index contributed by atoms with van der Waals surface area (Å²) in [4.78, 5) is 0. The van der Waals surface area contributed by atoms with Crippen molar-refractivity contribution in [3.8, 4) is 5.75 Å². The molecular formula is C14H23N2O2P. The number of nitrogens with two attached hydrogens (primary N) is 1. The second-order valence-corrected chi connectivity index (χ2v) is 8.28. The molecule has 1 heterocycles. The van der Waals surface area contributed by atoms with Crippen molar-refractivity contribution < 1.29 is 9.30 Å². The Kier molecular flexibility index (Phi) is 4.54. The summed E-state index contributed by atoms with van der Waals surface area (Å²) < 4.78 is 18.3. The first kappa shape index (κ1) is 14.4. The number of benzene rings is 1. The average Bonchev–Trinajstić information content (AvgIpc) is 2.42. The number of anilines is 1. The SMILES string of the molecule is CCNC1CCP(=O)(c2ccc(N)c(OC)c2)CC1. The van der Waals surface area contributed by atoms with Crippen LogP contribution < -0.4 is 21.1 Å².